The quantitative estimate of drug-likeness (QED) is 0.0314. The monoisotopic (exact) mass is 919 g/mol. The Morgan fingerprint density at radius 3 is 0.500 bits per heavy atom. The Morgan fingerprint density at radius 2 is 0.413 bits per heavy atom. The van der Waals surface area contributed by atoms with Gasteiger partial charge < -0.3 is 0 Å². The largest absolute Gasteiger partial charge is 0.179 e. The first kappa shape index (κ1) is 56.7. The first-order valence-electron chi connectivity index (χ1n) is 18.5. The van der Waals surface area contributed by atoms with Crippen molar-refractivity contribution < 1.29 is 0 Å². The van der Waals surface area contributed by atoms with E-state index >= 15 is 0 Å². The van der Waals surface area contributed by atoms with E-state index in [2.05, 4.69) is 153 Å². The van der Waals surface area contributed by atoms with Gasteiger partial charge in [-0.05, 0) is 112 Å². The topological polar surface area (TPSA) is 0 Å². The fraction of sp³-hybridized carbons (Fsp3) is 1.00. The van der Waals surface area contributed by atoms with Gasteiger partial charge in [0.25, 0.3) is 0 Å². The standard InChI is InChI=1S/3C12H26S3.Sb/c3*1-3-5-11(7-9-13)15-12(6-4-2)8-10-14;/h3*11-14H,3-10H2,1-2H3;. The Morgan fingerprint density at radius 1 is 0.283 bits per heavy atom. The molecule has 10 heteroatoms. The second-order valence-electron chi connectivity index (χ2n) is 11.9. The molecule has 0 heterocycles. The fourth-order valence-electron chi connectivity index (χ4n) is 5.29. The summed E-state index contributed by atoms with van der Waals surface area (Å²) in [7, 11) is 0. The van der Waals surface area contributed by atoms with Crippen LogP contribution in [0.4, 0.5) is 0 Å². The van der Waals surface area contributed by atoms with Gasteiger partial charge in [-0.25, -0.2) is 0 Å². The van der Waals surface area contributed by atoms with E-state index in [0.29, 0.717) is 0 Å². The molecule has 0 rings (SSSR count). The van der Waals surface area contributed by atoms with Crippen LogP contribution in [0.2, 0.25) is 0 Å². The molecule has 46 heavy (non-hydrogen) atoms. The number of hydrogen-bond donors (Lipinski definition) is 6. The molecule has 0 saturated heterocycles. The number of rotatable bonds is 30. The predicted octanol–water partition coefficient (Wildman–Crippen LogP) is 13.7. The van der Waals surface area contributed by atoms with Gasteiger partial charge in [-0.1, -0.05) is 80.1 Å². The van der Waals surface area contributed by atoms with E-state index in [-0.39, 0.29) is 24.4 Å². The van der Waals surface area contributed by atoms with Crippen molar-refractivity contribution in [3.05, 3.63) is 0 Å². The summed E-state index contributed by atoms with van der Waals surface area (Å²) in [5, 5.41) is 4.94. The van der Waals surface area contributed by atoms with Crippen molar-refractivity contribution in [2.24, 2.45) is 0 Å². The zero-order chi connectivity index (χ0) is 34.6. The van der Waals surface area contributed by atoms with E-state index in [0.717, 1.165) is 66.0 Å². The first-order valence-corrected chi connectivity index (χ1v) is 25.1. The summed E-state index contributed by atoms with van der Waals surface area (Å²) in [6, 6.07) is 0. The third-order valence-corrected chi connectivity index (χ3v) is 14.2. The Labute approximate surface area is 354 Å². The fourth-order valence-corrected chi connectivity index (χ4v) is 13.6. The maximum absolute atomic E-state index is 4.35. The van der Waals surface area contributed by atoms with Gasteiger partial charge in [-0.15, -0.1) is 0 Å². The SMILES string of the molecule is CCCC(CCS)SC(CCC)CCS.CCCC(CCS)SC(CCC)CCS.CCCC(CCS)SC(CCC)CCS.[Sb]. The zero-order valence-corrected chi connectivity index (χ0v) is 41.2. The molecule has 3 radical (unpaired) electrons. The van der Waals surface area contributed by atoms with Crippen molar-refractivity contribution in [2.45, 2.75) is 189 Å². The third kappa shape index (κ3) is 39.2. The Bertz CT molecular complexity index is 384. The van der Waals surface area contributed by atoms with Crippen molar-refractivity contribution >= 4 is 135 Å². The zero-order valence-electron chi connectivity index (χ0n) is 30.8. The summed E-state index contributed by atoms with van der Waals surface area (Å²) in [6.07, 6.45) is 23.4. The van der Waals surface area contributed by atoms with Crippen LogP contribution in [-0.2, 0) is 0 Å². The predicted molar refractivity (Wildman–Crippen MR) is 252 cm³/mol. The van der Waals surface area contributed by atoms with Gasteiger partial charge in [0.15, 0.2) is 0 Å². The van der Waals surface area contributed by atoms with Crippen LogP contribution in [0.1, 0.15) is 157 Å². The van der Waals surface area contributed by atoms with Gasteiger partial charge in [0.05, 0.1) is 0 Å². The van der Waals surface area contributed by atoms with Crippen LogP contribution >= 0.6 is 111 Å². The normalized spacial score (nSPS) is 14.9. The molecule has 6 atom stereocenters. The first-order chi connectivity index (χ1) is 21.8. The maximum Gasteiger partial charge on any atom is 0.00574 e. The summed E-state index contributed by atoms with van der Waals surface area (Å²) >= 11 is 32.7. The maximum atomic E-state index is 4.35. The van der Waals surface area contributed by atoms with E-state index in [1.807, 2.05) is 0 Å². The van der Waals surface area contributed by atoms with E-state index in [9.17, 15) is 0 Å². The van der Waals surface area contributed by atoms with E-state index in [1.165, 1.54) is 116 Å². The summed E-state index contributed by atoms with van der Waals surface area (Å²) in [5.74, 6) is 6.15. The number of hydrogen-bond acceptors (Lipinski definition) is 9. The second-order valence-corrected chi connectivity index (χ2v) is 19.4. The molecule has 281 valence electrons. The van der Waals surface area contributed by atoms with Gasteiger partial charge in [0.1, 0.15) is 0 Å². The molecule has 0 aromatic heterocycles. The van der Waals surface area contributed by atoms with Gasteiger partial charge in [-0.2, -0.15) is 111 Å². The van der Waals surface area contributed by atoms with Crippen LogP contribution < -0.4 is 0 Å². The van der Waals surface area contributed by atoms with Crippen LogP contribution in [0.5, 0.6) is 0 Å². The Kier molecular flexibility index (Phi) is 57.9. The average molecular weight is 921 g/mol. The summed E-state index contributed by atoms with van der Waals surface area (Å²) in [5.41, 5.74) is 0. The van der Waals surface area contributed by atoms with Crippen LogP contribution in [0.15, 0.2) is 0 Å². The molecule has 0 N–H and O–H groups in total. The number of thioether (sulfide) groups is 3. The molecule has 0 saturated carbocycles. The molecule has 0 bridgehead atoms. The molecule has 0 aromatic carbocycles. The summed E-state index contributed by atoms with van der Waals surface area (Å²) in [4.78, 5) is 0. The molecule has 0 aliphatic heterocycles. The van der Waals surface area contributed by atoms with Crippen LogP contribution in [0.25, 0.3) is 0 Å². The molecule has 0 nitrogen and oxygen atoms in total. The van der Waals surface area contributed by atoms with Crippen molar-refractivity contribution in [3.8, 4) is 0 Å². The molecule has 0 aliphatic carbocycles. The van der Waals surface area contributed by atoms with Crippen molar-refractivity contribution in [3.63, 3.8) is 0 Å². The number of thiol groups is 6. The Balaban J connectivity index is -0.000000285. The Hall–Kier alpha value is 3.97. The summed E-state index contributed by atoms with van der Waals surface area (Å²) in [6.45, 7) is 13.7. The van der Waals surface area contributed by atoms with Crippen LogP contribution in [0.3, 0.4) is 0 Å². The van der Waals surface area contributed by atoms with E-state index in [4.69, 9.17) is 0 Å². The minimum absolute atomic E-state index is 0. The van der Waals surface area contributed by atoms with Gasteiger partial charge >= 0.3 is 0 Å². The van der Waals surface area contributed by atoms with Crippen LogP contribution in [0, 0.1) is 0 Å². The molecule has 6 unspecified atom stereocenters. The molecular weight excluding hydrogens is 843 g/mol. The van der Waals surface area contributed by atoms with Crippen LogP contribution in [-0.4, -0.2) is 90.4 Å². The van der Waals surface area contributed by atoms with Gasteiger partial charge in [0.2, 0.25) is 0 Å². The van der Waals surface area contributed by atoms with Gasteiger partial charge in [0, 0.05) is 55.9 Å². The average Bonchev–Trinajstić information content (AvgIpc) is 2.99. The van der Waals surface area contributed by atoms with Crippen molar-refractivity contribution in [1.82, 2.24) is 0 Å². The molecular formula is C36H78S9Sb. The molecule has 0 aliphatic rings. The van der Waals surface area contributed by atoms with Gasteiger partial charge in [-0.3, -0.25) is 0 Å². The molecule has 0 spiro atoms. The van der Waals surface area contributed by atoms with E-state index < -0.39 is 0 Å². The summed E-state index contributed by atoms with van der Waals surface area (Å²) < 4.78 is 0. The molecule has 0 amide bonds. The molecule has 0 aromatic rings. The van der Waals surface area contributed by atoms with Crippen molar-refractivity contribution in [2.75, 3.05) is 34.5 Å². The third-order valence-electron chi connectivity index (χ3n) is 7.53. The van der Waals surface area contributed by atoms with Crippen molar-refractivity contribution in [1.29, 1.82) is 0 Å². The smallest absolute Gasteiger partial charge is 0.00574 e. The minimum Gasteiger partial charge on any atom is -0.179 e. The molecule has 0 fully saturated rings. The second kappa shape index (κ2) is 47.0. The van der Waals surface area contributed by atoms with E-state index in [1.54, 1.807) is 0 Å². The minimum atomic E-state index is 0.